The number of carbonyl (C=O) groups is 1. The number of amides is 1. The molecule has 0 aromatic carbocycles. The SMILES string of the molecule is CC(=NC1CCN(C(=O)OC(C)(C)C)CC1)/C(=N\N)c1cc(OC(C)C2CCC2)c2c(C#N)cnn2c1. The van der Waals surface area contributed by atoms with Gasteiger partial charge in [0.1, 0.15) is 34.2 Å². The van der Waals surface area contributed by atoms with Crippen molar-refractivity contribution in [3.8, 4) is 11.8 Å². The average Bonchev–Trinajstić information content (AvgIpc) is 3.21. The van der Waals surface area contributed by atoms with Crippen LogP contribution < -0.4 is 10.6 Å². The molecule has 1 saturated heterocycles. The van der Waals surface area contributed by atoms with Crippen molar-refractivity contribution < 1.29 is 14.3 Å². The van der Waals surface area contributed by atoms with Gasteiger partial charge in [0.25, 0.3) is 0 Å². The molecule has 0 bridgehead atoms. The Balaban J connectivity index is 1.53. The number of likely N-dealkylation sites (tertiary alicyclic amines) is 1. The van der Waals surface area contributed by atoms with Crippen LogP contribution in [0.5, 0.6) is 5.75 Å². The molecule has 10 heteroatoms. The number of aliphatic imine (C=N–C) groups is 1. The first kappa shape index (κ1) is 26.5. The molecule has 1 atom stereocenters. The summed E-state index contributed by atoms with van der Waals surface area (Å²) in [6.45, 7) is 10.7. The molecule has 198 valence electrons. The van der Waals surface area contributed by atoms with Gasteiger partial charge in [-0.25, -0.2) is 9.31 Å². The number of nitrogens with zero attached hydrogens (tertiary/aromatic N) is 6. The fourth-order valence-electron chi connectivity index (χ4n) is 4.81. The largest absolute Gasteiger partial charge is 0.488 e. The van der Waals surface area contributed by atoms with Gasteiger partial charge in [-0.3, -0.25) is 4.99 Å². The Morgan fingerprint density at radius 3 is 2.54 bits per heavy atom. The maximum atomic E-state index is 12.4. The molecule has 2 aromatic rings. The normalized spacial score (nSPS) is 18.9. The molecule has 1 saturated carbocycles. The Morgan fingerprint density at radius 2 is 1.97 bits per heavy atom. The third-order valence-electron chi connectivity index (χ3n) is 7.06. The van der Waals surface area contributed by atoms with Crippen molar-refractivity contribution >= 4 is 23.0 Å². The van der Waals surface area contributed by atoms with E-state index in [0.717, 1.165) is 25.7 Å². The molecule has 0 radical (unpaired) electrons. The van der Waals surface area contributed by atoms with Gasteiger partial charge in [-0.15, -0.1) is 0 Å². The van der Waals surface area contributed by atoms with Crippen molar-refractivity contribution in [3.05, 3.63) is 29.6 Å². The summed E-state index contributed by atoms with van der Waals surface area (Å²) < 4.78 is 13.5. The standard InChI is InChI=1S/C27H37N7O3/c1-17(31-22-9-11-33(12-10-22)26(35)37-27(3,4)5)24(32-29)20-13-23(36-18(2)19-7-6-8-19)25-21(14-28)15-30-34(25)16-20/h13,15-16,18-19,22H,6-12,29H2,1-5H3/b31-17?,32-24+. The highest BCUT2D eigenvalue weighted by Crippen LogP contribution is 2.34. The van der Waals surface area contributed by atoms with Gasteiger partial charge < -0.3 is 20.2 Å². The summed E-state index contributed by atoms with van der Waals surface area (Å²) in [6.07, 6.45) is 8.05. The molecule has 1 amide bonds. The monoisotopic (exact) mass is 507 g/mol. The van der Waals surface area contributed by atoms with Crippen LogP contribution in [0.2, 0.25) is 0 Å². The van der Waals surface area contributed by atoms with Crippen molar-refractivity contribution in [1.29, 1.82) is 5.26 Å². The Kier molecular flexibility index (Phi) is 7.71. The van der Waals surface area contributed by atoms with Crippen molar-refractivity contribution in [3.63, 3.8) is 0 Å². The quantitative estimate of drug-likeness (QED) is 0.352. The van der Waals surface area contributed by atoms with Crippen molar-refractivity contribution in [1.82, 2.24) is 14.5 Å². The van der Waals surface area contributed by atoms with Gasteiger partial charge >= 0.3 is 6.09 Å². The van der Waals surface area contributed by atoms with Gasteiger partial charge in [-0.1, -0.05) is 6.42 Å². The summed E-state index contributed by atoms with van der Waals surface area (Å²) in [7, 11) is 0. The number of pyridine rings is 1. The highest BCUT2D eigenvalue weighted by Gasteiger charge is 2.28. The van der Waals surface area contributed by atoms with Crippen molar-refractivity contribution in [2.75, 3.05) is 13.1 Å². The Hall–Kier alpha value is -3.61. The number of rotatable bonds is 6. The van der Waals surface area contributed by atoms with E-state index in [9.17, 15) is 10.1 Å². The molecule has 37 heavy (non-hydrogen) atoms. The van der Waals surface area contributed by atoms with Crippen LogP contribution in [0.15, 0.2) is 28.6 Å². The highest BCUT2D eigenvalue weighted by molar-refractivity contribution is 6.47. The molecule has 2 N–H and O–H groups in total. The Morgan fingerprint density at radius 1 is 1.27 bits per heavy atom. The summed E-state index contributed by atoms with van der Waals surface area (Å²) in [4.78, 5) is 19.0. The lowest BCUT2D eigenvalue weighted by Gasteiger charge is -2.32. The van der Waals surface area contributed by atoms with Gasteiger partial charge in [0.15, 0.2) is 0 Å². The number of hydrogen-bond acceptors (Lipinski definition) is 8. The second-order valence-corrected chi connectivity index (χ2v) is 11.0. The number of aromatic nitrogens is 2. The molecule has 1 aliphatic carbocycles. The first-order chi connectivity index (χ1) is 17.6. The fraction of sp³-hybridized carbons (Fsp3) is 0.593. The van der Waals surface area contributed by atoms with Gasteiger partial charge in [0.2, 0.25) is 0 Å². The zero-order valence-electron chi connectivity index (χ0n) is 22.4. The number of nitriles is 1. The maximum Gasteiger partial charge on any atom is 0.410 e. The molecule has 10 nitrogen and oxygen atoms in total. The van der Waals surface area contributed by atoms with E-state index < -0.39 is 5.60 Å². The topological polar surface area (TPSA) is 131 Å². The first-order valence-corrected chi connectivity index (χ1v) is 13.0. The molecule has 1 unspecified atom stereocenters. The smallest absolute Gasteiger partial charge is 0.410 e. The van der Waals surface area contributed by atoms with E-state index in [0.29, 0.717) is 52.8 Å². The van der Waals surface area contributed by atoms with Crippen LogP contribution in [-0.4, -0.2) is 62.9 Å². The lowest BCUT2D eigenvalue weighted by atomic mass is 9.82. The predicted octanol–water partition coefficient (Wildman–Crippen LogP) is 4.30. The number of fused-ring (bicyclic) bond motifs is 1. The summed E-state index contributed by atoms with van der Waals surface area (Å²) >= 11 is 0. The number of hydrogen-bond donors (Lipinski definition) is 1. The summed E-state index contributed by atoms with van der Waals surface area (Å²) in [6, 6.07) is 4.13. The number of ether oxygens (including phenoxy) is 2. The van der Waals surface area contributed by atoms with E-state index in [-0.39, 0.29) is 18.2 Å². The number of nitrogens with two attached hydrogens (primary N) is 1. The molecule has 3 heterocycles. The maximum absolute atomic E-state index is 12.4. The second kappa shape index (κ2) is 10.8. The predicted molar refractivity (Wildman–Crippen MR) is 142 cm³/mol. The van der Waals surface area contributed by atoms with Crippen LogP contribution in [0.3, 0.4) is 0 Å². The molecule has 4 rings (SSSR count). The molecule has 2 aromatic heterocycles. The lowest BCUT2D eigenvalue weighted by molar-refractivity contribution is 0.0207. The van der Waals surface area contributed by atoms with Crippen LogP contribution in [-0.2, 0) is 4.74 Å². The van der Waals surface area contributed by atoms with Gasteiger partial charge in [-0.05, 0) is 72.3 Å². The third-order valence-corrected chi connectivity index (χ3v) is 7.06. The Bertz CT molecular complexity index is 1240. The fourth-order valence-corrected chi connectivity index (χ4v) is 4.81. The summed E-state index contributed by atoms with van der Waals surface area (Å²) in [5.74, 6) is 6.95. The van der Waals surface area contributed by atoms with E-state index in [2.05, 4.69) is 23.2 Å². The van der Waals surface area contributed by atoms with E-state index in [1.54, 1.807) is 21.8 Å². The van der Waals surface area contributed by atoms with E-state index in [4.69, 9.17) is 20.3 Å². The van der Waals surface area contributed by atoms with E-state index in [1.165, 1.54) is 6.42 Å². The van der Waals surface area contributed by atoms with Gasteiger partial charge in [0, 0.05) is 24.8 Å². The Labute approximate surface area is 218 Å². The molecule has 1 aliphatic heterocycles. The minimum Gasteiger partial charge on any atom is -0.488 e. The zero-order valence-corrected chi connectivity index (χ0v) is 22.4. The second-order valence-electron chi connectivity index (χ2n) is 11.0. The van der Waals surface area contributed by atoms with Gasteiger partial charge in [-0.2, -0.15) is 15.5 Å². The van der Waals surface area contributed by atoms with Gasteiger partial charge in [0.05, 0.1) is 24.1 Å². The zero-order chi connectivity index (χ0) is 26.7. The highest BCUT2D eigenvalue weighted by atomic mass is 16.6. The minimum absolute atomic E-state index is 0.0254. The molecule has 2 aliphatic rings. The number of piperidine rings is 1. The molecular formula is C27H37N7O3. The molecule has 0 spiro atoms. The first-order valence-electron chi connectivity index (χ1n) is 13.0. The summed E-state index contributed by atoms with van der Waals surface area (Å²) in [5, 5.41) is 18.0. The van der Waals surface area contributed by atoms with E-state index in [1.807, 2.05) is 33.8 Å². The van der Waals surface area contributed by atoms with E-state index >= 15 is 0 Å². The molecule has 2 fully saturated rings. The number of carbonyl (C=O) groups excluding carboxylic acids is 1. The van der Waals surface area contributed by atoms with Crippen LogP contribution in [0.25, 0.3) is 5.52 Å². The molecular weight excluding hydrogens is 470 g/mol. The number of hydrazone groups is 1. The summed E-state index contributed by atoms with van der Waals surface area (Å²) in [5.41, 5.74) is 2.52. The van der Waals surface area contributed by atoms with Crippen LogP contribution in [0.4, 0.5) is 4.79 Å². The van der Waals surface area contributed by atoms with Crippen LogP contribution >= 0.6 is 0 Å². The lowest BCUT2D eigenvalue weighted by Crippen LogP contribution is -2.42. The van der Waals surface area contributed by atoms with Crippen LogP contribution in [0.1, 0.15) is 77.8 Å². The van der Waals surface area contributed by atoms with Crippen LogP contribution in [0, 0.1) is 17.2 Å². The minimum atomic E-state index is -0.517. The average molecular weight is 508 g/mol. The van der Waals surface area contributed by atoms with Crippen molar-refractivity contribution in [2.24, 2.45) is 21.9 Å². The third kappa shape index (κ3) is 6.04. The van der Waals surface area contributed by atoms with Crippen molar-refractivity contribution in [2.45, 2.75) is 84.5 Å².